The van der Waals surface area contributed by atoms with E-state index in [1.807, 2.05) is 70.9 Å². The van der Waals surface area contributed by atoms with Crippen LogP contribution in [0.1, 0.15) is 46.6 Å². The summed E-state index contributed by atoms with van der Waals surface area (Å²) >= 11 is 1.58. The third-order valence-corrected chi connectivity index (χ3v) is 6.42. The molecule has 3 aromatic rings. The molecule has 6 heteroatoms. The molecule has 0 spiro atoms. The van der Waals surface area contributed by atoms with E-state index < -0.39 is 5.92 Å². The van der Waals surface area contributed by atoms with Crippen LogP contribution >= 0.6 is 11.3 Å². The highest BCUT2D eigenvalue weighted by Gasteiger charge is 2.44. The summed E-state index contributed by atoms with van der Waals surface area (Å²) in [5, 5.41) is 5.05. The third-order valence-electron chi connectivity index (χ3n) is 5.48. The second-order valence-electron chi connectivity index (χ2n) is 8.09. The Bertz CT molecular complexity index is 1060. The van der Waals surface area contributed by atoms with Gasteiger partial charge in [-0.05, 0) is 53.3 Å². The summed E-state index contributed by atoms with van der Waals surface area (Å²) in [5.74, 6) is 0.357. The maximum Gasteiger partial charge on any atom is 0.254 e. The van der Waals surface area contributed by atoms with Crippen LogP contribution in [0.3, 0.4) is 0 Å². The number of ether oxygens (including phenoxy) is 1. The molecule has 2 heterocycles. The van der Waals surface area contributed by atoms with E-state index in [4.69, 9.17) is 4.74 Å². The van der Waals surface area contributed by atoms with E-state index in [9.17, 15) is 9.59 Å². The maximum absolute atomic E-state index is 13.7. The zero-order chi connectivity index (χ0) is 22.0. The summed E-state index contributed by atoms with van der Waals surface area (Å²) in [6.45, 7) is 4.76. The predicted octanol–water partition coefficient (Wildman–Crippen LogP) is 5.33. The van der Waals surface area contributed by atoms with Gasteiger partial charge in [0.05, 0.1) is 19.1 Å². The van der Waals surface area contributed by atoms with Gasteiger partial charge < -0.3 is 15.0 Å². The van der Waals surface area contributed by atoms with Crippen molar-refractivity contribution >= 4 is 28.8 Å². The van der Waals surface area contributed by atoms with Crippen LogP contribution in [0.25, 0.3) is 0 Å². The van der Waals surface area contributed by atoms with Gasteiger partial charge in [-0.1, -0.05) is 38.1 Å². The van der Waals surface area contributed by atoms with Gasteiger partial charge in [0, 0.05) is 22.7 Å². The van der Waals surface area contributed by atoms with Gasteiger partial charge in [0.25, 0.3) is 5.91 Å². The van der Waals surface area contributed by atoms with Crippen molar-refractivity contribution in [2.24, 2.45) is 5.92 Å². The first-order chi connectivity index (χ1) is 15.0. The molecular formula is C25H26N2O3S. The second kappa shape index (κ2) is 8.94. The molecule has 0 saturated carbocycles. The van der Waals surface area contributed by atoms with Crippen molar-refractivity contribution < 1.29 is 14.3 Å². The normalized spacial score (nSPS) is 18.1. The van der Waals surface area contributed by atoms with Crippen LogP contribution in [0.4, 0.5) is 5.69 Å². The number of nitrogens with zero attached hydrogens (tertiary/aromatic N) is 1. The Morgan fingerprint density at radius 1 is 1.10 bits per heavy atom. The Labute approximate surface area is 186 Å². The summed E-state index contributed by atoms with van der Waals surface area (Å²) in [5.41, 5.74) is 2.07. The van der Waals surface area contributed by atoms with Crippen molar-refractivity contribution in [3.63, 3.8) is 0 Å². The van der Waals surface area contributed by atoms with E-state index in [0.717, 1.165) is 16.2 Å². The Morgan fingerprint density at radius 3 is 2.48 bits per heavy atom. The fourth-order valence-electron chi connectivity index (χ4n) is 4.14. The molecule has 0 radical (unpaired) electrons. The molecule has 2 atom stereocenters. The molecule has 1 aromatic heterocycles. The highest BCUT2D eigenvalue weighted by atomic mass is 32.1. The van der Waals surface area contributed by atoms with Crippen molar-refractivity contribution in [3.05, 3.63) is 82.0 Å². The van der Waals surface area contributed by atoms with Crippen molar-refractivity contribution in [1.82, 2.24) is 4.90 Å². The summed E-state index contributed by atoms with van der Waals surface area (Å²) in [7, 11) is 1.61. The number of anilines is 1. The molecule has 0 fully saturated rings. The number of hydrogen-bond acceptors (Lipinski definition) is 4. The zero-order valence-electron chi connectivity index (χ0n) is 17.9. The second-order valence-corrected chi connectivity index (χ2v) is 9.07. The van der Waals surface area contributed by atoms with Crippen LogP contribution in [0.2, 0.25) is 0 Å². The highest BCUT2D eigenvalue weighted by molar-refractivity contribution is 7.10. The summed E-state index contributed by atoms with van der Waals surface area (Å²) in [4.78, 5) is 30.0. The van der Waals surface area contributed by atoms with Gasteiger partial charge in [0.15, 0.2) is 0 Å². The molecule has 1 N–H and O–H groups in total. The number of carbonyl (C=O) groups is 2. The Morgan fingerprint density at radius 2 is 1.84 bits per heavy atom. The van der Waals surface area contributed by atoms with Gasteiger partial charge in [0.1, 0.15) is 5.75 Å². The molecule has 1 aliphatic rings. The monoisotopic (exact) mass is 434 g/mol. The average molecular weight is 435 g/mol. The molecule has 5 nitrogen and oxygen atoms in total. The quantitative estimate of drug-likeness (QED) is 0.570. The van der Waals surface area contributed by atoms with E-state index in [-0.39, 0.29) is 23.8 Å². The molecule has 2 amide bonds. The van der Waals surface area contributed by atoms with Crippen LogP contribution < -0.4 is 10.1 Å². The predicted molar refractivity (Wildman–Crippen MR) is 124 cm³/mol. The van der Waals surface area contributed by atoms with Crippen LogP contribution in [-0.4, -0.2) is 30.4 Å². The molecule has 0 bridgehead atoms. The molecule has 31 heavy (non-hydrogen) atoms. The molecule has 2 aromatic carbocycles. The SMILES string of the molecule is COc1ccc(NC(=O)[C@H]2c3ccccc3C(=O)N(CC(C)C)[C@H]2c2cccs2)cc1. The summed E-state index contributed by atoms with van der Waals surface area (Å²) in [6, 6.07) is 18.4. The van der Waals surface area contributed by atoms with Gasteiger partial charge in [-0.2, -0.15) is 0 Å². The first-order valence-corrected chi connectivity index (χ1v) is 11.3. The Balaban J connectivity index is 1.78. The molecular weight excluding hydrogens is 408 g/mol. The van der Waals surface area contributed by atoms with E-state index >= 15 is 0 Å². The van der Waals surface area contributed by atoms with Crippen molar-refractivity contribution in [3.8, 4) is 5.75 Å². The maximum atomic E-state index is 13.7. The molecule has 160 valence electrons. The standard InChI is InChI=1S/C25H26N2O3S/c1-16(2)15-27-23(21-9-6-14-31-21)22(19-7-4-5-8-20(19)25(27)29)24(28)26-17-10-12-18(30-3)13-11-17/h4-14,16,22-23H,15H2,1-3H3,(H,26,28)/t22-,23-/m0/s1. The first-order valence-electron chi connectivity index (χ1n) is 10.4. The fraction of sp³-hybridized carbons (Fsp3) is 0.280. The number of carbonyl (C=O) groups excluding carboxylic acids is 2. The molecule has 0 saturated heterocycles. The van der Waals surface area contributed by atoms with E-state index in [2.05, 4.69) is 19.2 Å². The minimum Gasteiger partial charge on any atom is -0.497 e. The van der Waals surface area contributed by atoms with Gasteiger partial charge in [0.2, 0.25) is 5.91 Å². The number of methoxy groups -OCH3 is 1. The van der Waals surface area contributed by atoms with Gasteiger partial charge >= 0.3 is 0 Å². The third kappa shape index (κ3) is 4.21. The van der Waals surface area contributed by atoms with Crippen LogP contribution in [-0.2, 0) is 4.79 Å². The number of thiophene rings is 1. The largest absolute Gasteiger partial charge is 0.497 e. The van der Waals surface area contributed by atoms with Crippen LogP contribution in [0, 0.1) is 5.92 Å². The van der Waals surface area contributed by atoms with Gasteiger partial charge in [-0.3, -0.25) is 9.59 Å². The lowest BCUT2D eigenvalue weighted by Crippen LogP contribution is -2.47. The summed E-state index contributed by atoms with van der Waals surface area (Å²) in [6.07, 6.45) is 0. The van der Waals surface area contributed by atoms with Gasteiger partial charge in [-0.15, -0.1) is 11.3 Å². The van der Waals surface area contributed by atoms with Crippen LogP contribution in [0.15, 0.2) is 66.0 Å². The Kier molecular flexibility index (Phi) is 6.09. The lowest BCUT2D eigenvalue weighted by molar-refractivity contribution is -0.119. The fourth-order valence-corrected chi connectivity index (χ4v) is 5.01. The topological polar surface area (TPSA) is 58.6 Å². The van der Waals surface area contributed by atoms with Crippen molar-refractivity contribution in [1.29, 1.82) is 0 Å². The minimum absolute atomic E-state index is 0.0174. The van der Waals surface area contributed by atoms with E-state index in [1.165, 1.54) is 0 Å². The molecule has 4 rings (SSSR count). The number of rotatable bonds is 6. The highest BCUT2D eigenvalue weighted by Crippen LogP contribution is 2.45. The number of benzene rings is 2. The first kappa shape index (κ1) is 21.1. The summed E-state index contributed by atoms with van der Waals surface area (Å²) < 4.78 is 5.21. The zero-order valence-corrected chi connectivity index (χ0v) is 18.7. The molecule has 0 unspecified atom stereocenters. The lowest BCUT2D eigenvalue weighted by atomic mass is 9.81. The van der Waals surface area contributed by atoms with E-state index in [0.29, 0.717) is 17.8 Å². The van der Waals surface area contributed by atoms with Gasteiger partial charge in [-0.25, -0.2) is 0 Å². The van der Waals surface area contributed by atoms with Crippen molar-refractivity contribution in [2.75, 3.05) is 19.0 Å². The smallest absolute Gasteiger partial charge is 0.254 e. The number of hydrogen-bond donors (Lipinski definition) is 1. The molecule has 1 aliphatic heterocycles. The minimum atomic E-state index is -0.506. The lowest BCUT2D eigenvalue weighted by Gasteiger charge is -2.42. The molecule has 0 aliphatic carbocycles. The number of amides is 2. The average Bonchev–Trinajstić information content (AvgIpc) is 3.30. The Hall–Kier alpha value is -3.12. The van der Waals surface area contributed by atoms with Crippen molar-refractivity contribution in [2.45, 2.75) is 25.8 Å². The number of fused-ring (bicyclic) bond motifs is 1. The number of nitrogens with one attached hydrogen (secondary N) is 1. The van der Waals surface area contributed by atoms with E-state index in [1.54, 1.807) is 18.4 Å². The van der Waals surface area contributed by atoms with Crippen LogP contribution in [0.5, 0.6) is 5.75 Å².